The topological polar surface area (TPSA) is 81.8 Å². The Morgan fingerprint density at radius 1 is 1.10 bits per heavy atom. The molecule has 0 aromatic heterocycles. The van der Waals surface area contributed by atoms with Gasteiger partial charge in [0.1, 0.15) is 0 Å². The number of nitrogens with zero attached hydrogens (tertiary/aromatic N) is 2. The van der Waals surface area contributed by atoms with Crippen molar-refractivity contribution in [3.63, 3.8) is 0 Å². The molecule has 1 aromatic carbocycles. The molecule has 0 bridgehead atoms. The number of amides is 4. The van der Waals surface area contributed by atoms with E-state index in [1.54, 1.807) is 4.90 Å². The first-order chi connectivity index (χ1) is 14.3. The molecule has 1 fully saturated rings. The van der Waals surface area contributed by atoms with Crippen LogP contribution in [0.4, 0.5) is 16.2 Å². The molecule has 1 aliphatic rings. The molecule has 0 unspecified atom stereocenters. The van der Waals surface area contributed by atoms with E-state index >= 15 is 0 Å². The zero-order chi connectivity index (χ0) is 22.1. The van der Waals surface area contributed by atoms with E-state index in [1.807, 2.05) is 29.2 Å². The van der Waals surface area contributed by atoms with Crippen LogP contribution in [0.2, 0.25) is 0 Å². The van der Waals surface area contributed by atoms with E-state index in [4.69, 9.17) is 0 Å². The predicted molar refractivity (Wildman–Crippen MR) is 121 cm³/mol. The van der Waals surface area contributed by atoms with Crippen molar-refractivity contribution in [1.82, 2.24) is 10.2 Å². The van der Waals surface area contributed by atoms with Crippen molar-refractivity contribution >= 4 is 29.2 Å². The molecule has 0 aliphatic carbocycles. The van der Waals surface area contributed by atoms with Crippen LogP contribution < -0.4 is 15.5 Å². The number of hydrogen-bond donors (Lipinski definition) is 2. The van der Waals surface area contributed by atoms with Crippen LogP contribution in [0, 0.1) is 0 Å². The van der Waals surface area contributed by atoms with Crippen LogP contribution in [0.3, 0.4) is 0 Å². The number of hydrogen-bond acceptors (Lipinski definition) is 4. The van der Waals surface area contributed by atoms with E-state index in [9.17, 15) is 14.4 Å². The van der Waals surface area contributed by atoms with E-state index in [0.29, 0.717) is 19.4 Å². The summed E-state index contributed by atoms with van der Waals surface area (Å²) in [6, 6.07) is 7.80. The Hall–Kier alpha value is -2.57. The minimum Gasteiger partial charge on any atom is -0.385 e. The fourth-order valence-electron chi connectivity index (χ4n) is 3.88. The second-order valence-electron chi connectivity index (χ2n) is 8.38. The van der Waals surface area contributed by atoms with Gasteiger partial charge in [-0.2, -0.15) is 0 Å². The van der Waals surface area contributed by atoms with Crippen LogP contribution in [0.15, 0.2) is 24.3 Å². The summed E-state index contributed by atoms with van der Waals surface area (Å²) in [5, 5.41) is 5.74. The standard InChI is InChI=1S/C23H36N4O3/c1-17(2)27(18(3)4)22(29)12-7-5-6-8-14-24-19-10-9-11-20(16-19)26-15-13-21(28)25-23(26)30/h9-11,16-18,24H,5-8,12-15H2,1-4H3,(H,25,28,30). The molecule has 1 heterocycles. The SMILES string of the molecule is CC(C)N(C(=O)CCCCCCNc1cccc(N2CCC(=O)NC2=O)c1)C(C)C. The summed E-state index contributed by atoms with van der Waals surface area (Å²) in [7, 11) is 0. The van der Waals surface area contributed by atoms with E-state index in [0.717, 1.165) is 43.6 Å². The molecule has 0 spiro atoms. The van der Waals surface area contributed by atoms with Crippen LogP contribution in [0.5, 0.6) is 0 Å². The average molecular weight is 417 g/mol. The zero-order valence-electron chi connectivity index (χ0n) is 18.7. The number of anilines is 2. The van der Waals surface area contributed by atoms with Gasteiger partial charge in [-0.1, -0.05) is 18.9 Å². The highest BCUT2D eigenvalue weighted by Gasteiger charge is 2.24. The Bertz CT molecular complexity index is 725. The van der Waals surface area contributed by atoms with Gasteiger partial charge in [0.2, 0.25) is 11.8 Å². The van der Waals surface area contributed by atoms with Gasteiger partial charge in [0.05, 0.1) is 0 Å². The first kappa shape index (κ1) is 23.7. The third-order valence-electron chi connectivity index (χ3n) is 5.26. The van der Waals surface area contributed by atoms with E-state index < -0.39 is 0 Å². The second kappa shape index (κ2) is 11.6. The highest BCUT2D eigenvalue weighted by atomic mass is 16.2. The maximum Gasteiger partial charge on any atom is 0.328 e. The predicted octanol–water partition coefficient (Wildman–Crippen LogP) is 4.14. The van der Waals surface area contributed by atoms with Crippen molar-refractivity contribution in [2.45, 2.75) is 78.3 Å². The Balaban J connectivity index is 1.67. The lowest BCUT2D eigenvalue weighted by atomic mass is 10.1. The van der Waals surface area contributed by atoms with Gasteiger partial charge < -0.3 is 10.2 Å². The molecule has 7 nitrogen and oxygen atoms in total. The molecule has 1 aromatic rings. The smallest absolute Gasteiger partial charge is 0.328 e. The Morgan fingerprint density at radius 3 is 2.47 bits per heavy atom. The van der Waals surface area contributed by atoms with Gasteiger partial charge in [0, 0.05) is 49.4 Å². The number of carbonyl (C=O) groups excluding carboxylic acids is 3. The number of carbonyl (C=O) groups is 3. The van der Waals surface area contributed by atoms with Gasteiger partial charge in [0.25, 0.3) is 0 Å². The molecule has 0 saturated carbocycles. The Labute approximate surface area is 180 Å². The summed E-state index contributed by atoms with van der Waals surface area (Å²) >= 11 is 0. The third-order valence-corrected chi connectivity index (χ3v) is 5.26. The fraction of sp³-hybridized carbons (Fsp3) is 0.609. The lowest BCUT2D eigenvalue weighted by Gasteiger charge is -2.30. The van der Waals surface area contributed by atoms with Gasteiger partial charge in [-0.05, 0) is 58.7 Å². The Kier molecular flexibility index (Phi) is 9.15. The first-order valence-corrected chi connectivity index (χ1v) is 11.1. The zero-order valence-corrected chi connectivity index (χ0v) is 18.7. The number of benzene rings is 1. The number of nitrogens with one attached hydrogen (secondary N) is 2. The molecule has 30 heavy (non-hydrogen) atoms. The first-order valence-electron chi connectivity index (χ1n) is 11.1. The summed E-state index contributed by atoms with van der Waals surface area (Å²) in [6.45, 7) is 9.50. The van der Waals surface area contributed by atoms with Gasteiger partial charge >= 0.3 is 6.03 Å². The van der Waals surface area contributed by atoms with Crippen molar-refractivity contribution in [2.75, 3.05) is 23.3 Å². The summed E-state index contributed by atoms with van der Waals surface area (Å²) in [6.07, 6.45) is 4.99. The highest BCUT2D eigenvalue weighted by Crippen LogP contribution is 2.21. The lowest BCUT2D eigenvalue weighted by Crippen LogP contribution is -2.49. The van der Waals surface area contributed by atoms with Crippen molar-refractivity contribution < 1.29 is 14.4 Å². The van der Waals surface area contributed by atoms with Crippen LogP contribution >= 0.6 is 0 Å². The molecule has 7 heteroatoms. The maximum absolute atomic E-state index is 12.4. The normalized spacial score (nSPS) is 14.3. The summed E-state index contributed by atoms with van der Waals surface area (Å²) in [5.74, 6) is 0.0201. The molecular formula is C23H36N4O3. The summed E-state index contributed by atoms with van der Waals surface area (Å²) in [4.78, 5) is 39.2. The molecule has 166 valence electrons. The van der Waals surface area contributed by atoms with Gasteiger partial charge in [0.15, 0.2) is 0 Å². The molecule has 2 N–H and O–H groups in total. The monoisotopic (exact) mass is 416 g/mol. The third kappa shape index (κ3) is 7.04. The number of urea groups is 1. The molecule has 2 rings (SSSR count). The van der Waals surface area contributed by atoms with Crippen LogP contribution in [0.1, 0.15) is 66.2 Å². The van der Waals surface area contributed by atoms with Crippen LogP contribution in [-0.4, -0.2) is 47.9 Å². The Morgan fingerprint density at radius 2 is 1.80 bits per heavy atom. The van der Waals surface area contributed by atoms with Crippen molar-refractivity contribution in [2.24, 2.45) is 0 Å². The number of rotatable bonds is 11. The molecule has 0 atom stereocenters. The number of imide groups is 1. The van der Waals surface area contributed by atoms with E-state index in [1.165, 1.54) is 0 Å². The molecule has 1 aliphatic heterocycles. The van der Waals surface area contributed by atoms with Crippen molar-refractivity contribution in [3.05, 3.63) is 24.3 Å². The second-order valence-corrected chi connectivity index (χ2v) is 8.38. The van der Waals surface area contributed by atoms with Crippen LogP contribution in [-0.2, 0) is 9.59 Å². The van der Waals surface area contributed by atoms with E-state index in [2.05, 4.69) is 38.3 Å². The summed E-state index contributed by atoms with van der Waals surface area (Å²) < 4.78 is 0. The molecule has 4 amide bonds. The van der Waals surface area contributed by atoms with E-state index in [-0.39, 0.29) is 29.9 Å². The lowest BCUT2D eigenvalue weighted by molar-refractivity contribution is -0.134. The largest absolute Gasteiger partial charge is 0.385 e. The van der Waals surface area contributed by atoms with Gasteiger partial charge in [-0.3, -0.25) is 19.8 Å². The summed E-state index contributed by atoms with van der Waals surface area (Å²) in [5.41, 5.74) is 1.74. The molecular weight excluding hydrogens is 380 g/mol. The minimum absolute atomic E-state index is 0.228. The van der Waals surface area contributed by atoms with Gasteiger partial charge in [-0.25, -0.2) is 4.79 Å². The number of unbranched alkanes of at least 4 members (excludes halogenated alkanes) is 3. The molecule has 1 saturated heterocycles. The minimum atomic E-state index is -0.369. The van der Waals surface area contributed by atoms with Crippen LogP contribution in [0.25, 0.3) is 0 Å². The fourth-order valence-corrected chi connectivity index (χ4v) is 3.88. The van der Waals surface area contributed by atoms with Gasteiger partial charge in [-0.15, -0.1) is 0 Å². The van der Waals surface area contributed by atoms with Crippen molar-refractivity contribution in [3.8, 4) is 0 Å². The maximum atomic E-state index is 12.4. The molecule has 0 radical (unpaired) electrons. The van der Waals surface area contributed by atoms with Crippen molar-refractivity contribution in [1.29, 1.82) is 0 Å². The average Bonchev–Trinajstić information content (AvgIpc) is 2.67. The highest BCUT2D eigenvalue weighted by molar-refractivity contribution is 6.05. The quantitative estimate of drug-likeness (QED) is 0.531.